The van der Waals surface area contributed by atoms with Gasteiger partial charge >= 0.3 is 0 Å². The molecule has 0 spiro atoms. The molecule has 0 saturated heterocycles. The van der Waals surface area contributed by atoms with E-state index in [4.69, 9.17) is 11.6 Å². The second-order valence-corrected chi connectivity index (χ2v) is 7.57. The topological polar surface area (TPSA) is 49.4 Å². The van der Waals surface area contributed by atoms with Crippen LogP contribution in [0.5, 0.6) is 0 Å². The molecule has 150 valence electrons. The van der Waals surface area contributed by atoms with Crippen LogP contribution in [-0.2, 0) is 22.6 Å². The summed E-state index contributed by atoms with van der Waals surface area (Å²) >= 11 is 5.94. The lowest BCUT2D eigenvalue weighted by Crippen LogP contribution is -2.48. The largest absolute Gasteiger partial charge is 0.354 e. The molecule has 0 heterocycles. The predicted octanol–water partition coefficient (Wildman–Crippen LogP) is 4.52. The van der Waals surface area contributed by atoms with Gasteiger partial charge in [-0.3, -0.25) is 9.59 Å². The number of carbonyl (C=O) groups excluding carboxylic acids is 2. The Balaban J connectivity index is 2.17. The van der Waals surface area contributed by atoms with E-state index in [0.717, 1.165) is 29.5 Å². The maximum atomic E-state index is 13.1. The molecule has 0 aliphatic rings. The molecule has 4 nitrogen and oxygen atoms in total. The Kier molecular flexibility index (Phi) is 8.52. The third-order valence-corrected chi connectivity index (χ3v) is 4.95. The highest BCUT2D eigenvalue weighted by molar-refractivity contribution is 6.30. The molecule has 2 aromatic rings. The van der Waals surface area contributed by atoms with Gasteiger partial charge in [-0.2, -0.15) is 0 Å². The number of halogens is 1. The molecular weight excluding hydrogens is 372 g/mol. The van der Waals surface area contributed by atoms with Crippen molar-refractivity contribution >= 4 is 23.4 Å². The van der Waals surface area contributed by atoms with Crippen molar-refractivity contribution in [2.24, 2.45) is 0 Å². The highest BCUT2D eigenvalue weighted by Gasteiger charge is 2.26. The van der Waals surface area contributed by atoms with E-state index in [1.807, 2.05) is 43.3 Å². The second kappa shape index (κ2) is 10.9. The molecule has 5 heteroatoms. The van der Waals surface area contributed by atoms with Crippen LogP contribution < -0.4 is 5.32 Å². The van der Waals surface area contributed by atoms with E-state index in [2.05, 4.69) is 12.2 Å². The van der Waals surface area contributed by atoms with E-state index in [1.54, 1.807) is 24.0 Å². The van der Waals surface area contributed by atoms with Crippen LogP contribution in [0.3, 0.4) is 0 Å². The summed E-state index contributed by atoms with van der Waals surface area (Å²) in [6.45, 7) is 6.91. The van der Waals surface area contributed by atoms with Crippen molar-refractivity contribution in [1.82, 2.24) is 10.2 Å². The number of carbonyl (C=O) groups is 2. The molecule has 1 atom stereocenters. The third kappa shape index (κ3) is 6.68. The second-order valence-electron chi connectivity index (χ2n) is 7.13. The van der Waals surface area contributed by atoms with Gasteiger partial charge in [0.25, 0.3) is 0 Å². The Hall–Kier alpha value is -2.33. The molecule has 28 heavy (non-hydrogen) atoms. The van der Waals surface area contributed by atoms with Gasteiger partial charge in [0.1, 0.15) is 6.04 Å². The van der Waals surface area contributed by atoms with Gasteiger partial charge < -0.3 is 10.2 Å². The summed E-state index contributed by atoms with van der Waals surface area (Å²) in [7, 11) is 0. The van der Waals surface area contributed by atoms with E-state index in [9.17, 15) is 9.59 Å². The van der Waals surface area contributed by atoms with Crippen molar-refractivity contribution < 1.29 is 9.59 Å². The summed E-state index contributed by atoms with van der Waals surface area (Å²) in [6.07, 6.45) is 2.17. The zero-order valence-electron chi connectivity index (χ0n) is 16.9. The van der Waals surface area contributed by atoms with Gasteiger partial charge in [-0.15, -0.1) is 0 Å². The first-order chi connectivity index (χ1) is 13.4. The van der Waals surface area contributed by atoms with E-state index in [0.29, 0.717) is 18.1 Å². The number of nitrogens with zero attached hydrogens (tertiary/aromatic N) is 1. The number of unbranched alkanes of at least 4 members (excludes halogenated alkanes) is 1. The fourth-order valence-corrected chi connectivity index (χ4v) is 3.13. The first-order valence-electron chi connectivity index (χ1n) is 9.78. The van der Waals surface area contributed by atoms with E-state index < -0.39 is 6.04 Å². The number of benzene rings is 2. The number of hydrogen-bond acceptors (Lipinski definition) is 2. The number of rotatable bonds is 9. The maximum absolute atomic E-state index is 13.1. The highest BCUT2D eigenvalue weighted by Crippen LogP contribution is 2.15. The average molecular weight is 401 g/mol. The Morgan fingerprint density at radius 2 is 1.82 bits per heavy atom. The van der Waals surface area contributed by atoms with Gasteiger partial charge in [-0.1, -0.05) is 66.9 Å². The van der Waals surface area contributed by atoms with Crippen molar-refractivity contribution in [2.45, 2.75) is 52.6 Å². The molecule has 1 N–H and O–H groups in total. The first kappa shape index (κ1) is 22.0. The summed E-state index contributed by atoms with van der Waals surface area (Å²) in [6, 6.07) is 14.7. The summed E-state index contributed by atoms with van der Waals surface area (Å²) in [4.78, 5) is 27.3. The smallest absolute Gasteiger partial charge is 0.242 e. The van der Waals surface area contributed by atoms with Crippen molar-refractivity contribution in [2.75, 3.05) is 6.54 Å². The number of nitrogens with one attached hydrogen (secondary N) is 1. The van der Waals surface area contributed by atoms with Crippen LogP contribution >= 0.6 is 11.6 Å². The molecule has 1 unspecified atom stereocenters. The molecule has 2 rings (SSSR count). The fraction of sp³-hybridized carbons (Fsp3) is 0.391. The summed E-state index contributed by atoms with van der Waals surface area (Å²) in [5.74, 6) is -0.201. The average Bonchev–Trinajstić information content (AvgIpc) is 2.67. The monoisotopic (exact) mass is 400 g/mol. The van der Waals surface area contributed by atoms with E-state index >= 15 is 0 Å². The third-order valence-electron chi connectivity index (χ3n) is 4.70. The van der Waals surface area contributed by atoms with E-state index in [1.165, 1.54) is 0 Å². The van der Waals surface area contributed by atoms with Gasteiger partial charge in [0, 0.05) is 18.1 Å². The molecule has 0 aliphatic heterocycles. The van der Waals surface area contributed by atoms with E-state index in [-0.39, 0.29) is 18.2 Å². The first-order valence-corrected chi connectivity index (χ1v) is 10.2. The van der Waals surface area contributed by atoms with Crippen LogP contribution in [0.1, 0.15) is 43.4 Å². The Morgan fingerprint density at radius 1 is 1.11 bits per heavy atom. The van der Waals surface area contributed by atoms with Gasteiger partial charge in [0.15, 0.2) is 0 Å². The lowest BCUT2D eigenvalue weighted by molar-refractivity contribution is -0.140. The molecule has 0 fully saturated rings. The minimum Gasteiger partial charge on any atom is -0.354 e. The van der Waals surface area contributed by atoms with Crippen molar-refractivity contribution in [3.05, 3.63) is 70.2 Å². The van der Waals surface area contributed by atoms with Gasteiger partial charge in [0.2, 0.25) is 11.8 Å². The zero-order chi connectivity index (χ0) is 20.5. The van der Waals surface area contributed by atoms with Crippen LogP contribution in [-0.4, -0.2) is 29.3 Å². The van der Waals surface area contributed by atoms with Crippen LogP contribution in [0.2, 0.25) is 5.02 Å². The van der Waals surface area contributed by atoms with Crippen LogP contribution in [0, 0.1) is 6.92 Å². The molecular formula is C23H29ClN2O2. The Bertz CT molecular complexity index is 789. The van der Waals surface area contributed by atoms with Crippen molar-refractivity contribution in [1.29, 1.82) is 0 Å². The quantitative estimate of drug-likeness (QED) is 0.629. The fourth-order valence-electron chi connectivity index (χ4n) is 3.00. The minimum absolute atomic E-state index is 0.0815. The SMILES string of the molecule is CCCCNC(=O)C(C)N(Cc1cccc(C)c1)C(=O)Cc1ccc(Cl)cc1. The van der Waals surface area contributed by atoms with Crippen molar-refractivity contribution in [3.63, 3.8) is 0 Å². The molecule has 2 amide bonds. The van der Waals surface area contributed by atoms with Crippen molar-refractivity contribution in [3.8, 4) is 0 Å². The standard InChI is InChI=1S/C23H29ClN2O2/c1-4-5-13-25-23(28)18(3)26(16-20-8-6-7-17(2)14-20)22(27)15-19-9-11-21(24)12-10-19/h6-12,14,18H,4-5,13,15-16H2,1-3H3,(H,25,28). The van der Waals surface area contributed by atoms with Gasteiger partial charge in [-0.25, -0.2) is 0 Å². The minimum atomic E-state index is -0.544. The highest BCUT2D eigenvalue weighted by atomic mass is 35.5. The number of hydrogen-bond donors (Lipinski definition) is 1. The van der Waals surface area contributed by atoms with Gasteiger partial charge in [0.05, 0.1) is 6.42 Å². The molecule has 0 aromatic heterocycles. The molecule has 0 bridgehead atoms. The van der Waals surface area contributed by atoms with Gasteiger partial charge in [-0.05, 0) is 43.5 Å². The summed E-state index contributed by atoms with van der Waals surface area (Å²) in [5, 5.41) is 3.57. The zero-order valence-corrected chi connectivity index (χ0v) is 17.6. The maximum Gasteiger partial charge on any atom is 0.242 e. The normalized spacial score (nSPS) is 11.7. The molecule has 0 aliphatic carbocycles. The lowest BCUT2D eigenvalue weighted by atomic mass is 10.1. The Labute approximate surface area is 172 Å². The van der Waals surface area contributed by atoms with Crippen LogP contribution in [0.4, 0.5) is 0 Å². The Morgan fingerprint density at radius 3 is 2.46 bits per heavy atom. The number of amides is 2. The lowest BCUT2D eigenvalue weighted by Gasteiger charge is -2.29. The summed E-state index contributed by atoms with van der Waals surface area (Å²) < 4.78 is 0. The molecule has 0 radical (unpaired) electrons. The number of aryl methyl sites for hydroxylation is 1. The predicted molar refractivity (Wildman–Crippen MR) is 114 cm³/mol. The molecule has 0 saturated carbocycles. The molecule has 2 aromatic carbocycles. The van der Waals surface area contributed by atoms with Crippen LogP contribution in [0.15, 0.2) is 48.5 Å². The van der Waals surface area contributed by atoms with Crippen LogP contribution in [0.25, 0.3) is 0 Å². The summed E-state index contributed by atoms with van der Waals surface area (Å²) in [5.41, 5.74) is 3.02.